The lowest BCUT2D eigenvalue weighted by molar-refractivity contribution is -0.122. The number of rotatable bonds is 6. The molecule has 0 saturated carbocycles. The molecule has 1 aromatic rings. The van der Waals surface area contributed by atoms with Crippen LogP contribution in [0.2, 0.25) is 0 Å². The molecule has 2 N–H and O–H groups in total. The number of ether oxygens (including phenoxy) is 2. The van der Waals surface area contributed by atoms with Crippen molar-refractivity contribution in [1.29, 1.82) is 0 Å². The van der Waals surface area contributed by atoms with E-state index in [1.807, 2.05) is 19.9 Å². The number of pyridine rings is 1. The van der Waals surface area contributed by atoms with Gasteiger partial charge in [-0.05, 0) is 47.6 Å². The van der Waals surface area contributed by atoms with Crippen molar-refractivity contribution >= 4 is 12.0 Å². The lowest BCUT2D eigenvalue weighted by atomic mass is 10.2. The largest absolute Gasteiger partial charge is 0.475 e. The first-order chi connectivity index (χ1) is 11.1. The highest BCUT2D eigenvalue weighted by molar-refractivity contribution is 5.85. The van der Waals surface area contributed by atoms with Crippen LogP contribution < -0.4 is 15.4 Å². The number of hydrogen-bond donors (Lipinski definition) is 2. The van der Waals surface area contributed by atoms with E-state index in [9.17, 15) is 9.59 Å². The molecule has 0 aliphatic rings. The van der Waals surface area contributed by atoms with Crippen molar-refractivity contribution in [2.75, 3.05) is 0 Å². The molecule has 0 bridgehead atoms. The van der Waals surface area contributed by atoms with Crippen molar-refractivity contribution in [3.63, 3.8) is 0 Å². The summed E-state index contributed by atoms with van der Waals surface area (Å²) in [6.07, 6.45) is 0.993. The second kappa shape index (κ2) is 8.52. The fourth-order valence-electron chi connectivity index (χ4n) is 1.77. The van der Waals surface area contributed by atoms with Crippen LogP contribution >= 0.6 is 0 Å². The third-order valence-electron chi connectivity index (χ3n) is 2.78. The third kappa shape index (κ3) is 7.30. The molecule has 2 amide bonds. The van der Waals surface area contributed by atoms with Crippen molar-refractivity contribution in [2.24, 2.45) is 0 Å². The quantitative estimate of drug-likeness (QED) is 0.832. The first kappa shape index (κ1) is 19.7. The predicted molar refractivity (Wildman–Crippen MR) is 90.7 cm³/mol. The molecule has 0 fully saturated rings. The second-order valence-corrected chi connectivity index (χ2v) is 6.72. The summed E-state index contributed by atoms with van der Waals surface area (Å²) in [4.78, 5) is 28.0. The number of carbonyl (C=O) groups excluding carboxylic acids is 2. The van der Waals surface area contributed by atoms with E-state index in [0.717, 1.165) is 5.56 Å². The predicted octanol–water partition coefficient (Wildman–Crippen LogP) is 2.40. The summed E-state index contributed by atoms with van der Waals surface area (Å²) in [6, 6.07) is 2.89. The Balaban J connectivity index is 2.55. The van der Waals surface area contributed by atoms with Gasteiger partial charge in [0.15, 0.2) is 0 Å². The van der Waals surface area contributed by atoms with E-state index in [1.165, 1.54) is 0 Å². The molecule has 0 spiro atoms. The molecule has 0 aliphatic carbocycles. The molecule has 1 aromatic heterocycles. The highest BCUT2D eigenvalue weighted by Gasteiger charge is 2.21. The van der Waals surface area contributed by atoms with E-state index < -0.39 is 17.7 Å². The van der Waals surface area contributed by atoms with Gasteiger partial charge in [0.1, 0.15) is 11.6 Å². The number of nitrogens with one attached hydrogen (secondary N) is 2. The molecule has 0 saturated heterocycles. The van der Waals surface area contributed by atoms with Crippen LogP contribution in [0.4, 0.5) is 4.79 Å². The molecule has 24 heavy (non-hydrogen) atoms. The van der Waals surface area contributed by atoms with Gasteiger partial charge in [0.25, 0.3) is 0 Å². The van der Waals surface area contributed by atoms with E-state index in [1.54, 1.807) is 40.0 Å². The Labute approximate surface area is 143 Å². The van der Waals surface area contributed by atoms with Crippen molar-refractivity contribution in [1.82, 2.24) is 15.6 Å². The highest BCUT2D eigenvalue weighted by Crippen LogP contribution is 2.15. The van der Waals surface area contributed by atoms with Crippen molar-refractivity contribution in [3.05, 3.63) is 23.9 Å². The molecule has 1 atom stereocenters. The van der Waals surface area contributed by atoms with Crippen LogP contribution in [-0.4, -0.2) is 34.7 Å². The summed E-state index contributed by atoms with van der Waals surface area (Å²) >= 11 is 0. The summed E-state index contributed by atoms with van der Waals surface area (Å²) in [6.45, 7) is 10.9. The van der Waals surface area contributed by atoms with Gasteiger partial charge in [-0.1, -0.05) is 6.07 Å². The normalized spacial score (nSPS) is 12.5. The van der Waals surface area contributed by atoms with Crippen molar-refractivity contribution < 1.29 is 19.1 Å². The third-order valence-corrected chi connectivity index (χ3v) is 2.78. The van der Waals surface area contributed by atoms with Gasteiger partial charge in [0, 0.05) is 18.3 Å². The van der Waals surface area contributed by atoms with E-state index in [2.05, 4.69) is 15.6 Å². The van der Waals surface area contributed by atoms with E-state index in [-0.39, 0.29) is 18.6 Å². The van der Waals surface area contributed by atoms with Gasteiger partial charge in [-0.3, -0.25) is 4.79 Å². The maximum absolute atomic E-state index is 12.1. The zero-order chi connectivity index (χ0) is 18.3. The van der Waals surface area contributed by atoms with Crippen LogP contribution in [0.25, 0.3) is 0 Å². The average molecular weight is 337 g/mol. The monoisotopic (exact) mass is 337 g/mol. The molecule has 0 aromatic carbocycles. The summed E-state index contributed by atoms with van der Waals surface area (Å²) in [7, 11) is 0. The number of hydrogen-bond acceptors (Lipinski definition) is 5. The molecule has 7 nitrogen and oxygen atoms in total. The maximum atomic E-state index is 12.1. The smallest absolute Gasteiger partial charge is 0.408 e. The fraction of sp³-hybridized carbons (Fsp3) is 0.588. The molecular weight excluding hydrogens is 310 g/mol. The summed E-state index contributed by atoms with van der Waals surface area (Å²) < 4.78 is 10.7. The molecule has 0 aliphatic heterocycles. The molecule has 0 unspecified atom stereocenters. The van der Waals surface area contributed by atoms with Crippen LogP contribution in [0.5, 0.6) is 5.88 Å². The van der Waals surface area contributed by atoms with E-state index in [0.29, 0.717) is 5.88 Å². The Kier molecular flexibility index (Phi) is 7.00. The lowest BCUT2D eigenvalue weighted by Gasteiger charge is -2.21. The number of nitrogens with zero attached hydrogens (tertiary/aromatic N) is 1. The summed E-state index contributed by atoms with van der Waals surface area (Å²) in [5.74, 6) is 0.167. The Bertz CT molecular complexity index is 567. The van der Waals surface area contributed by atoms with Crippen LogP contribution in [-0.2, 0) is 16.1 Å². The van der Waals surface area contributed by atoms with E-state index in [4.69, 9.17) is 9.47 Å². The highest BCUT2D eigenvalue weighted by atomic mass is 16.6. The Morgan fingerprint density at radius 3 is 2.50 bits per heavy atom. The van der Waals surface area contributed by atoms with Gasteiger partial charge in [0.2, 0.25) is 11.8 Å². The van der Waals surface area contributed by atoms with Crippen LogP contribution in [0.1, 0.15) is 47.1 Å². The molecule has 7 heteroatoms. The number of aromatic nitrogens is 1. The molecule has 1 heterocycles. The Morgan fingerprint density at radius 1 is 1.25 bits per heavy atom. The second-order valence-electron chi connectivity index (χ2n) is 6.72. The average Bonchev–Trinajstić information content (AvgIpc) is 2.43. The molecule has 0 radical (unpaired) electrons. The number of alkyl carbamates (subject to hydrolysis) is 1. The first-order valence-electron chi connectivity index (χ1n) is 7.96. The Morgan fingerprint density at radius 2 is 1.92 bits per heavy atom. The van der Waals surface area contributed by atoms with E-state index >= 15 is 0 Å². The van der Waals surface area contributed by atoms with Crippen molar-refractivity contribution in [2.45, 2.75) is 65.8 Å². The summed E-state index contributed by atoms with van der Waals surface area (Å²) in [5, 5.41) is 5.25. The topological polar surface area (TPSA) is 89.5 Å². The lowest BCUT2D eigenvalue weighted by Crippen LogP contribution is -2.46. The van der Waals surface area contributed by atoms with Crippen LogP contribution in [0.3, 0.4) is 0 Å². The molecule has 134 valence electrons. The maximum Gasteiger partial charge on any atom is 0.408 e. The van der Waals surface area contributed by atoms with Gasteiger partial charge in [-0.2, -0.15) is 0 Å². The minimum atomic E-state index is -0.717. The summed E-state index contributed by atoms with van der Waals surface area (Å²) in [5.41, 5.74) is 0.156. The minimum absolute atomic E-state index is 0.0119. The number of amides is 2. The van der Waals surface area contributed by atoms with Gasteiger partial charge in [-0.15, -0.1) is 0 Å². The zero-order valence-electron chi connectivity index (χ0n) is 15.2. The number of carbonyl (C=O) groups is 2. The van der Waals surface area contributed by atoms with Gasteiger partial charge < -0.3 is 20.1 Å². The van der Waals surface area contributed by atoms with Crippen molar-refractivity contribution in [3.8, 4) is 5.88 Å². The molecular formula is C17H27N3O4. The SMILES string of the molecule is CC(C)Oc1ncccc1CNC(=O)[C@@H](C)NC(=O)OC(C)(C)C. The van der Waals surface area contributed by atoms with Gasteiger partial charge >= 0.3 is 6.09 Å². The first-order valence-corrected chi connectivity index (χ1v) is 7.96. The minimum Gasteiger partial charge on any atom is -0.475 e. The zero-order valence-corrected chi connectivity index (χ0v) is 15.2. The van der Waals surface area contributed by atoms with Gasteiger partial charge in [0.05, 0.1) is 6.10 Å². The van der Waals surface area contributed by atoms with Crippen LogP contribution in [0, 0.1) is 0 Å². The van der Waals surface area contributed by atoms with Gasteiger partial charge in [-0.25, -0.2) is 9.78 Å². The van der Waals surface area contributed by atoms with Crippen LogP contribution in [0.15, 0.2) is 18.3 Å². The fourth-order valence-corrected chi connectivity index (χ4v) is 1.77. The Hall–Kier alpha value is -2.31. The molecule has 1 rings (SSSR count). The standard InChI is InChI=1S/C17H27N3O4/c1-11(2)23-15-13(8-7-9-18-15)10-19-14(21)12(3)20-16(22)24-17(4,5)6/h7-9,11-12H,10H2,1-6H3,(H,19,21)(H,20,22)/t12-/m1/s1.